The first kappa shape index (κ1) is 24.2. The highest BCUT2D eigenvalue weighted by molar-refractivity contribution is 7.91. The van der Waals surface area contributed by atoms with Gasteiger partial charge < -0.3 is 10.5 Å². The highest BCUT2D eigenvalue weighted by Crippen LogP contribution is 2.47. The van der Waals surface area contributed by atoms with Crippen LogP contribution in [0.5, 0.6) is 0 Å². The van der Waals surface area contributed by atoms with Crippen LogP contribution in [0.3, 0.4) is 0 Å². The Labute approximate surface area is 194 Å². The maximum absolute atomic E-state index is 12.0. The summed E-state index contributed by atoms with van der Waals surface area (Å²) in [6.45, 7) is 6.29. The van der Waals surface area contributed by atoms with Gasteiger partial charge in [-0.1, -0.05) is 19.1 Å². The molecule has 1 aromatic carbocycles. The molecule has 1 fully saturated rings. The quantitative estimate of drug-likeness (QED) is 0.701. The molecule has 6 nitrogen and oxygen atoms in total. The summed E-state index contributed by atoms with van der Waals surface area (Å²) in [7, 11) is -3.17. The molecule has 1 aromatic heterocycles. The fourth-order valence-electron chi connectivity index (χ4n) is 4.52. The highest BCUT2D eigenvalue weighted by Gasteiger charge is 2.44. The minimum Gasteiger partial charge on any atom is -0.366 e. The molecule has 0 radical (unpaired) electrons. The molecule has 2 aromatic rings. The topological polar surface area (TPSA) is 89.7 Å². The first-order chi connectivity index (χ1) is 14.2. The predicted molar refractivity (Wildman–Crippen MR) is 125 cm³/mol. The Bertz CT molecular complexity index is 1040. The second kappa shape index (κ2) is 9.19. The average Bonchev–Trinajstić information content (AvgIpc) is 3.15. The van der Waals surface area contributed by atoms with Gasteiger partial charge in [0.2, 0.25) is 0 Å². The molecule has 2 aliphatic rings. The first-order valence-corrected chi connectivity index (χ1v) is 12.8. The number of carbonyl (C=O) groups is 1. The molecule has 170 valence electrons. The number of thiophene rings is 1. The predicted octanol–water partition coefficient (Wildman–Crippen LogP) is 3.51. The van der Waals surface area contributed by atoms with E-state index in [-0.39, 0.29) is 35.8 Å². The number of halogens is 1. The minimum absolute atomic E-state index is 0. The molecule has 0 saturated carbocycles. The van der Waals surface area contributed by atoms with Crippen LogP contribution in [-0.2, 0) is 33.1 Å². The van der Waals surface area contributed by atoms with E-state index < -0.39 is 9.84 Å². The number of benzene rings is 1. The molecule has 1 atom stereocenters. The van der Waals surface area contributed by atoms with E-state index in [1.54, 1.807) is 19.1 Å². The minimum atomic E-state index is -3.17. The van der Waals surface area contributed by atoms with Gasteiger partial charge in [-0.05, 0) is 55.5 Å². The van der Waals surface area contributed by atoms with Crippen LogP contribution in [0.25, 0.3) is 0 Å². The van der Waals surface area contributed by atoms with Crippen molar-refractivity contribution in [1.29, 1.82) is 0 Å². The maximum Gasteiger partial charge on any atom is 0.258 e. The van der Waals surface area contributed by atoms with Gasteiger partial charge in [0.25, 0.3) is 5.91 Å². The number of amides is 1. The zero-order chi connectivity index (χ0) is 21.5. The summed E-state index contributed by atoms with van der Waals surface area (Å²) in [5.41, 5.74) is 7.49. The lowest BCUT2D eigenvalue weighted by Crippen LogP contribution is -2.47. The lowest BCUT2D eigenvalue weighted by molar-refractivity contribution is -0.131. The molecule has 1 spiro atoms. The molecule has 0 bridgehead atoms. The molecular weight excluding hydrogens is 456 g/mol. The Balaban J connectivity index is 0.00000272. The molecule has 9 heteroatoms. The molecule has 3 heterocycles. The fraction of sp³-hybridized carbons (Fsp3) is 0.500. The third kappa shape index (κ3) is 4.83. The van der Waals surface area contributed by atoms with Crippen molar-refractivity contribution in [2.75, 3.05) is 18.8 Å². The summed E-state index contributed by atoms with van der Waals surface area (Å²) >= 11 is 1.49. The summed E-state index contributed by atoms with van der Waals surface area (Å²) in [5, 5.41) is 0. The maximum atomic E-state index is 12.0. The number of carbonyl (C=O) groups excluding carboxylic acids is 1. The van der Waals surface area contributed by atoms with Crippen molar-refractivity contribution < 1.29 is 17.9 Å². The molecule has 1 amide bonds. The van der Waals surface area contributed by atoms with Gasteiger partial charge in [-0.25, -0.2) is 8.42 Å². The number of hydrogen-bond acceptors (Lipinski definition) is 6. The molecule has 1 saturated heterocycles. The number of ether oxygens (including phenoxy) is 1. The second-order valence-corrected chi connectivity index (χ2v) is 11.6. The smallest absolute Gasteiger partial charge is 0.258 e. The largest absolute Gasteiger partial charge is 0.366 e. The summed E-state index contributed by atoms with van der Waals surface area (Å²) in [6, 6.07) is 9.16. The number of primary amides is 1. The Morgan fingerprint density at radius 1 is 1.26 bits per heavy atom. The van der Waals surface area contributed by atoms with E-state index in [0.717, 1.165) is 44.5 Å². The van der Waals surface area contributed by atoms with Crippen LogP contribution >= 0.6 is 23.7 Å². The van der Waals surface area contributed by atoms with Crippen LogP contribution in [0.4, 0.5) is 0 Å². The van der Waals surface area contributed by atoms with Gasteiger partial charge >= 0.3 is 0 Å². The van der Waals surface area contributed by atoms with Crippen LogP contribution in [-0.4, -0.2) is 44.2 Å². The Morgan fingerprint density at radius 2 is 1.90 bits per heavy atom. The van der Waals surface area contributed by atoms with E-state index in [1.165, 1.54) is 21.8 Å². The van der Waals surface area contributed by atoms with E-state index >= 15 is 0 Å². The number of fused-ring (bicyclic) bond motifs is 2. The van der Waals surface area contributed by atoms with Crippen molar-refractivity contribution in [3.8, 4) is 0 Å². The third-order valence-corrected chi connectivity index (χ3v) is 9.26. The second-order valence-electron chi connectivity index (χ2n) is 8.28. The molecular formula is C22H29ClN2O4S2. The lowest BCUT2D eigenvalue weighted by atomic mass is 9.84. The molecule has 1 unspecified atom stereocenters. The van der Waals surface area contributed by atoms with Gasteiger partial charge in [-0.15, -0.1) is 23.7 Å². The van der Waals surface area contributed by atoms with E-state index in [1.807, 2.05) is 18.2 Å². The van der Waals surface area contributed by atoms with Crippen LogP contribution in [0, 0.1) is 0 Å². The Morgan fingerprint density at radius 3 is 2.48 bits per heavy atom. The number of nitrogens with two attached hydrogens (primary N) is 1. The molecule has 31 heavy (non-hydrogen) atoms. The van der Waals surface area contributed by atoms with Gasteiger partial charge in [0.15, 0.2) is 9.84 Å². The van der Waals surface area contributed by atoms with Gasteiger partial charge in [0, 0.05) is 24.5 Å². The van der Waals surface area contributed by atoms with E-state index in [2.05, 4.69) is 11.8 Å². The van der Waals surface area contributed by atoms with E-state index in [0.29, 0.717) is 9.77 Å². The lowest BCUT2D eigenvalue weighted by Gasteiger charge is -2.45. The van der Waals surface area contributed by atoms with Crippen molar-refractivity contribution >= 4 is 39.5 Å². The normalized spacial score (nSPS) is 20.8. The molecule has 2 aliphatic heterocycles. The van der Waals surface area contributed by atoms with E-state index in [4.69, 9.17) is 10.5 Å². The van der Waals surface area contributed by atoms with Crippen molar-refractivity contribution in [3.05, 3.63) is 51.2 Å². The highest BCUT2D eigenvalue weighted by atomic mass is 35.5. The summed E-state index contributed by atoms with van der Waals surface area (Å²) in [4.78, 5) is 16.2. The van der Waals surface area contributed by atoms with Gasteiger partial charge in [-0.3, -0.25) is 9.69 Å². The van der Waals surface area contributed by atoms with Crippen molar-refractivity contribution in [1.82, 2.24) is 4.90 Å². The van der Waals surface area contributed by atoms with Crippen molar-refractivity contribution in [2.45, 2.75) is 56.3 Å². The van der Waals surface area contributed by atoms with Gasteiger partial charge in [0.05, 0.1) is 21.6 Å². The SMILES string of the molecule is CCS(=O)(=O)c1ccc(CN2CCC3(CC2)OC(C)Cc2cc(C(N)=O)sc23)cc1.Cl. The number of nitrogens with zero attached hydrogens (tertiary/aromatic N) is 1. The van der Waals surface area contributed by atoms with Crippen molar-refractivity contribution in [2.24, 2.45) is 5.73 Å². The number of hydrogen-bond donors (Lipinski definition) is 1. The van der Waals surface area contributed by atoms with Crippen molar-refractivity contribution in [3.63, 3.8) is 0 Å². The van der Waals surface area contributed by atoms with E-state index in [9.17, 15) is 13.2 Å². The molecule has 2 N–H and O–H groups in total. The monoisotopic (exact) mass is 484 g/mol. The Kier molecular flexibility index (Phi) is 7.18. The van der Waals surface area contributed by atoms with Crippen LogP contribution in [0.1, 0.15) is 52.4 Å². The van der Waals surface area contributed by atoms with Gasteiger partial charge in [-0.2, -0.15) is 0 Å². The van der Waals surface area contributed by atoms with Crippen LogP contribution < -0.4 is 5.73 Å². The van der Waals surface area contributed by atoms with Crippen LogP contribution in [0.15, 0.2) is 35.2 Å². The molecule has 4 rings (SSSR count). The average molecular weight is 485 g/mol. The molecule has 0 aliphatic carbocycles. The first-order valence-electron chi connectivity index (χ1n) is 10.4. The number of rotatable bonds is 5. The summed E-state index contributed by atoms with van der Waals surface area (Å²) in [6.07, 6.45) is 2.67. The zero-order valence-electron chi connectivity index (χ0n) is 17.8. The number of sulfone groups is 1. The Hall–Kier alpha value is -1.45. The number of likely N-dealkylation sites (tertiary alicyclic amines) is 1. The zero-order valence-corrected chi connectivity index (χ0v) is 20.2. The number of piperidine rings is 1. The summed E-state index contributed by atoms with van der Waals surface area (Å²) < 4.78 is 30.4. The fourth-order valence-corrected chi connectivity index (χ4v) is 6.64. The van der Waals surface area contributed by atoms with Crippen LogP contribution in [0.2, 0.25) is 0 Å². The third-order valence-electron chi connectivity index (χ3n) is 6.13. The van der Waals surface area contributed by atoms with Gasteiger partial charge in [0.1, 0.15) is 5.60 Å². The summed E-state index contributed by atoms with van der Waals surface area (Å²) in [5.74, 6) is -0.260. The standard InChI is InChI=1S/C22H28N2O4S2.ClH/c1-3-30(26,27)18-6-4-16(5-7-18)14-24-10-8-22(9-11-24)20-17(12-15(2)28-22)13-19(29-20)21(23)25;/h4-7,13,15H,3,8-12,14H2,1-2H3,(H2,23,25);1H.